The van der Waals surface area contributed by atoms with Crippen molar-refractivity contribution in [1.82, 2.24) is 35.4 Å². The first-order chi connectivity index (χ1) is 34.7. The first-order valence-electron chi connectivity index (χ1n) is 24.7. The van der Waals surface area contributed by atoms with Crippen LogP contribution in [0, 0.1) is 15.9 Å². The summed E-state index contributed by atoms with van der Waals surface area (Å²) in [6.07, 6.45) is 1.84. The number of H-pyrrole nitrogens is 1. The van der Waals surface area contributed by atoms with Gasteiger partial charge in [-0.25, -0.2) is 9.97 Å². The summed E-state index contributed by atoms with van der Waals surface area (Å²) in [5.41, 5.74) is 7.09. The van der Waals surface area contributed by atoms with Gasteiger partial charge in [-0.2, -0.15) is 0 Å². The van der Waals surface area contributed by atoms with Crippen LogP contribution in [0.5, 0.6) is 5.75 Å². The van der Waals surface area contributed by atoms with Crippen LogP contribution in [0.2, 0.25) is 0 Å². The number of β-amino-alcohol motifs (C(OH)–C–C–N with tert-alkyl or cyclic N) is 1. The Balaban J connectivity index is 0.713. The Labute approximate surface area is 439 Å². The molecule has 72 heavy (non-hydrogen) atoms. The van der Waals surface area contributed by atoms with Gasteiger partial charge in [-0.1, -0.05) is 51.5 Å². The highest BCUT2D eigenvalue weighted by Gasteiger charge is 2.44. The molecule has 7 rings (SSSR count). The van der Waals surface area contributed by atoms with Crippen LogP contribution in [0.1, 0.15) is 73.9 Å². The van der Waals surface area contributed by atoms with Crippen molar-refractivity contribution < 1.29 is 48.3 Å². The Kier molecular flexibility index (Phi) is 20.7. The van der Waals surface area contributed by atoms with Crippen LogP contribution in [0.25, 0.3) is 21.5 Å². The molecule has 6 N–H and O–H groups in total. The molecule has 2 saturated heterocycles. The molecule has 4 heterocycles. The first kappa shape index (κ1) is 55.1. The van der Waals surface area contributed by atoms with Gasteiger partial charge in [0.15, 0.2) is 0 Å². The average Bonchev–Trinajstić information content (AvgIpc) is 4.10. The number of hydrogen-bond donors (Lipinski definition) is 6. The summed E-state index contributed by atoms with van der Waals surface area (Å²) >= 11 is 3.74. The van der Waals surface area contributed by atoms with Crippen molar-refractivity contribution in [3.63, 3.8) is 0 Å². The fraction of sp³-hybridized carbons (Fsp3) is 0.519. The number of benzene rings is 3. The molecule has 3 amide bonds. The number of carbonyl (C=O) groups is 3. The largest absolute Gasteiger partial charge is 0.490 e. The minimum absolute atomic E-state index is 0.0107. The monoisotopic (exact) mass is 1120 g/mol. The number of aliphatic hydroxyl groups excluding tert-OH is 2. The van der Waals surface area contributed by atoms with Gasteiger partial charge in [-0.15, -0.1) is 11.3 Å². The van der Waals surface area contributed by atoms with E-state index in [0.717, 1.165) is 61.8 Å². The van der Waals surface area contributed by atoms with Crippen LogP contribution in [0.15, 0.2) is 66.2 Å². The summed E-state index contributed by atoms with van der Waals surface area (Å²) < 4.78 is 29.2. The maximum Gasteiger partial charge on any atom is 0.255 e. The number of imidazole rings is 1. The molecule has 0 radical (unpaired) electrons. The zero-order valence-corrected chi connectivity index (χ0v) is 44.6. The third-order valence-corrected chi connectivity index (χ3v) is 14.3. The zero-order valence-electron chi connectivity index (χ0n) is 41.6. The highest BCUT2D eigenvalue weighted by atomic mass is 127. The predicted octanol–water partition coefficient (Wildman–Crippen LogP) is 5.88. The first-order valence-corrected chi connectivity index (χ1v) is 26.6. The number of aryl methyl sites for hydroxylation is 1. The lowest BCUT2D eigenvalue weighted by Crippen LogP contribution is -2.59. The predicted molar refractivity (Wildman–Crippen MR) is 284 cm³/mol. The zero-order chi connectivity index (χ0) is 51.0. The van der Waals surface area contributed by atoms with E-state index in [1.165, 1.54) is 24.2 Å². The van der Waals surface area contributed by atoms with Crippen molar-refractivity contribution in [3.05, 3.63) is 92.4 Å². The fourth-order valence-corrected chi connectivity index (χ4v) is 10.1. The van der Waals surface area contributed by atoms with E-state index in [1.807, 2.05) is 75.7 Å². The second-order valence-corrected chi connectivity index (χ2v) is 21.2. The van der Waals surface area contributed by atoms with Crippen molar-refractivity contribution in [3.8, 4) is 16.2 Å². The van der Waals surface area contributed by atoms with Crippen LogP contribution >= 0.6 is 33.9 Å². The molecule has 2 fully saturated rings. The summed E-state index contributed by atoms with van der Waals surface area (Å²) in [7, 11) is 0. The number of nitrogens with zero attached hydrogens (tertiary/aromatic N) is 4. The van der Waals surface area contributed by atoms with Crippen molar-refractivity contribution in [2.45, 2.75) is 90.9 Å². The topological polar surface area (TPSA) is 222 Å². The molecule has 4 unspecified atom stereocenters. The quantitative estimate of drug-likeness (QED) is 0.0216. The lowest BCUT2D eigenvalue weighted by atomic mass is 9.85. The maximum atomic E-state index is 14.0. The van der Waals surface area contributed by atoms with E-state index in [4.69, 9.17) is 28.7 Å². The molecule has 0 saturated carbocycles. The molecule has 2 aliphatic rings. The Morgan fingerprint density at radius 2 is 1.60 bits per heavy atom. The number of amides is 3. The van der Waals surface area contributed by atoms with Crippen molar-refractivity contribution in [2.24, 2.45) is 5.41 Å². The van der Waals surface area contributed by atoms with Gasteiger partial charge >= 0.3 is 0 Å². The summed E-state index contributed by atoms with van der Waals surface area (Å²) in [5.74, 6) is 0.651. The molecule has 4 atom stereocenters. The molecular weight excluding hydrogens is 1060 g/mol. The Hall–Kier alpha value is -4.62. The lowest BCUT2D eigenvalue weighted by Gasteiger charge is -2.36. The van der Waals surface area contributed by atoms with Crippen LogP contribution in [0.3, 0.4) is 0 Å². The van der Waals surface area contributed by atoms with Crippen molar-refractivity contribution in [2.75, 3.05) is 84.4 Å². The van der Waals surface area contributed by atoms with E-state index in [9.17, 15) is 24.6 Å². The Morgan fingerprint density at radius 1 is 0.903 bits per heavy atom. The number of likely N-dealkylation sites (tertiary alicyclic amines) is 2. The fourth-order valence-electron chi connectivity index (χ4n) is 8.64. The van der Waals surface area contributed by atoms with E-state index in [-0.39, 0.29) is 57.1 Å². The minimum Gasteiger partial charge on any atom is -0.490 e. The summed E-state index contributed by atoms with van der Waals surface area (Å²) in [5, 5.41) is 30.3. The number of rotatable bonds is 26. The van der Waals surface area contributed by atoms with Crippen LogP contribution in [-0.4, -0.2) is 156 Å². The number of halogens is 1. The highest BCUT2D eigenvalue weighted by Crippen LogP contribution is 2.29. The third-order valence-electron chi connectivity index (χ3n) is 12.4. The summed E-state index contributed by atoms with van der Waals surface area (Å²) in [4.78, 5) is 57.9. The number of aliphatic hydroxyl groups is 2. The molecule has 2 aromatic heterocycles. The molecular formula is C52H69IN8O10S. The number of anilines is 1. The molecule has 0 aliphatic carbocycles. The van der Waals surface area contributed by atoms with E-state index in [0.29, 0.717) is 56.6 Å². The van der Waals surface area contributed by atoms with Gasteiger partial charge < -0.3 is 54.4 Å². The van der Waals surface area contributed by atoms with E-state index in [2.05, 4.69) is 53.4 Å². The van der Waals surface area contributed by atoms with Crippen LogP contribution in [-0.2, 0) is 41.6 Å². The number of aromatic amines is 1. The van der Waals surface area contributed by atoms with Crippen molar-refractivity contribution >= 4 is 68.4 Å². The number of thiazole rings is 1. The smallest absolute Gasteiger partial charge is 0.255 e. The highest BCUT2D eigenvalue weighted by molar-refractivity contribution is 14.1. The van der Waals surface area contributed by atoms with Gasteiger partial charge in [0.1, 0.15) is 30.5 Å². The SMILES string of the molecule is Cc1ncsc1-c1ccc(CNC(=O)C2CC(O)CN2C(=O)C(NC(O)COCCOCCOCCOCCOc2ccc(C(=O)Nc3ccc4nc(CN5CCCCC5)[nH]c4c3)cc2I)C(C)(C)C)cc1. The van der Waals surface area contributed by atoms with E-state index >= 15 is 0 Å². The van der Waals surface area contributed by atoms with Gasteiger partial charge in [-0.3, -0.25) is 24.6 Å². The number of nitrogens with one attached hydrogen (secondary N) is 4. The lowest BCUT2D eigenvalue weighted by molar-refractivity contribution is -0.143. The number of piperidine rings is 1. The maximum absolute atomic E-state index is 14.0. The van der Waals surface area contributed by atoms with E-state index < -0.39 is 29.8 Å². The molecule has 18 nitrogen and oxygen atoms in total. The second-order valence-electron chi connectivity index (χ2n) is 19.2. The normalized spacial score (nSPS) is 17.3. The second kappa shape index (κ2) is 27.1. The van der Waals surface area contributed by atoms with Crippen LogP contribution in [0.4, 0.5) is 5.69 Å². The number of carbonyl (C=O) groups excluding carboxylic acids is 3. The van der Waals surface area contributed by atoms with Crippen molar-refractivity contribution in [1.29, 1.82) is 0 Å². The minimum atomic E-state index is -1.18. The molecule has 0 bridgehead atoms. The standard InChI is InChI=1S/C52H69IN8O10S/c1-34-47(72-33-55-34)36-10-8-35(9-11-36)29-54-50(65)43-28-39(62)30-61(43)51(66)48(52(2,3)4)59-46(63)32-70-23-22-68-19-18-67-20-21-69-24-25-71-44-15-12-37(26-40(44)53)49(64)56-38-13-14-41-42(27-38)58-45(57-41)31-60-16-6-5-7-17-60/h8-15,26-27,33,39,43,46,48,59,62-63H,5-7,16-25,28-32H2,1-4H3,(H,54,65)(H,56,64)(H,57,58). The van der Waals surface area contributed by atoms with Gasteiger partial charge in [0.2, 0.25) is 11.8 Å². The summed E-state index contributed by atoms with van der Waals surface area (Å²) in [6, 6.07) is 17.2. The Morgan fingerprint density at radius 3 is 2.26 bits per heavy atom. The molecule has 20 heteroatoms. The molecule has 5 aromatic rings. The number of ether oxygens (including phenoxy) is 5. The summed E-state index contributed by atoms with van der Waals surface area (Å²) in [6.45, 7) is 13.4. The average molecular weight is 1130 g/mol. The van der Waals surface area contributed by atoms with Crippen LogP contribution < -0.4 is 20.7 Å². The molecule has 3 aromatic carbocycles. The van der Waals surface area contributed by atoms with Gasteiger partial charge in [0.05, 0.1) is 102 Å². The van der Waals surface area contributed by atoms with Gasteiger partial charge in [-0.05, 0) is 108 Å². The van der Waals surface area contributed by atoms with Gasteiger partial charge in [0.25, 0.3) is 5.91 Å². The molecule has 390 valence electrons. The van der Waals surface area contributed by atoms with Gasteiger partial charge in [0, 0.05) is 30.8 Å². The Bertz CT molecular complexity index is 2530. The number of aromatic nitrogens is 3. The number of hydrogen-bond acceptors (Lipinski definition) is 15. The third kappa shape index (κ3) is 16.2. The van der Waals surface area contributed by atoms with E-state index in [1.54, 1.807) is 29.5 Å². The molecule has 2 aliphatic heterocycles. The number of fused-ring (bicyclic) bond motifs is 1. The molecule has 0 spiro atoms.